The number of aromatic nitrogens is 2. The SMILES string of the molecule is CC(C)CNCCCCCCn1cc(Br)cn1. The van der Waals surface area contributed by atoms with Gasteiger partial charge in [-0.15, -0.1) is 0 Å². The first-order valence-electron chi connectivity index (χ1n) is 6.57. The van der Waals surface area contributed by atoms with Gasteiger partial charge in [-0.2, -0.15) is 5.10 Å². The lowest BCUT2D eigenvalue weighted by Crippen LogP contribution is -2.20. The Morgan fingerprint density at radius 1 is 1.29 bits per heavy atom. The molecule has 0 saturated heterocycles. The van der Waals surface area contributed by atoms with Crippen LogP contribution in [0.4, 0.5) is 0 Å². The van der Waals surface area contributed by atoms with Crippen LogP contribution in [0.2, 0.25) is 0 Å². The minimum Gasteiger partial charge on any atom is -0.316 e. The summed E-state index contributed by atoms with van der Waals surface area (Å²) in [4.78, 5) is 0. The highest BCUT2D eigenvalue weighted by atomic mass is 79.9. The van der Waals surface area contributed by atoms with Crippen LogP contribution in [-0.4, -0.2) is 22.9 Å². The zero-order valence-electron chi connectivity index (χ0n) is 11.0. The first kappa shape index (κ1) is 14.7. The molecule has 0 atom stereocenters. The van der Waals surface area contributed by atoms with E-state index in [-0.39, 0.29) is 0 Å². The largest absolute Gasteiger partial charge is 0.316 e. The Bertz CT molecular complexity index is 297. The van der Waals surface area contributed by atoms with Gasteiger partial charge in [0.25, 0.3) is 0 Å². The van der Waals surface area contributed by atoms with Crippen molar-refractivity contribution in [2.45, 2.75) is 46.1 Å². The van der Waals surface area contributed by atoms with Crippen LogP contribution in [0.1, 0.15) is 39.5 Å². The first-order valence-corrected chi connectivity index (χ1v) is 7.36. The van der Waals surface area contributed by atoms with Crippen LogP contribution in [0.3, 0.4) is 0 Å². The topological polar surface area (TPSA) is 29.9 Å². The number of nitrogens with one attached hydrogen (secondary N) is 1. The summed E-state index contributed by atoms with van der Waals surface area (Å²) in [7, 11) is 0. The fourth-order valence-electron chi connectivity index (χ4n) is 1.73. The normalized spacial score (nSPS) is 11.3. The third kappa shape index (κ3) is 7.55. The summed E-state index contributed by atoms with van der Waals surface area (Å²) in [6.07, 6.45) is 8.99. The number of unbranched alkanes of at least 4 members (excludes halogenated alkanes) is 3. The summed E-state index contributed by atoms with van der Waals surface area (Å²) in [6, 6.07) is 0. The van der Waals surface area contributed by atoms with Crippen LogP contribution < -0.4 is 5.32 Å². The Kier molecular flexibility index (Phi) is 7.53. The highest BCUT2D eigenvalue weighted by Gasteiger charge is 1.96. The van der Waals surface area contributed by atoms with E-state index in [0.717, 1.165) is 30.0 Å². The molecule has 0 saturated carbocycles. The molecule has 4 heteroatoms. The van der Waals surface area contributed by atoms with Crippen molar-refractivity contribution in [2.24, 2.45) is 5.92 Å². The molecule has 1 aromatic rings. The molecule has 0 aliphatic heterocycles. The number of aryl methyl sites for hydroxylation is 1. The predicted octanol–water partition coefficient (Wildman–Crippen LogP) is 3.45. The van der Waals surface area contributed by atoms with Crippen molar-refractivity contribution in [1.82, 2.24) is 15.1 Å². The van der Waals surface area contributed by atoms with Gasteiger partial charge in [0.1, 0.15) is 0 Å². The molecule has 1 rings (SSSR count). The zero-order chi connectivity index (χ0) is 12.5. The lowest BCUT2D eigenvalue weighted by atomic mass is 10.2. The van der Waals surface area contributed by atoms with Crippen molar-refractivity contribution in [2.75, 3.05) is 13.1 Å². The van der Waals surface area contributed by atoms with Crippen LogP contribution in [0.5, 0.6) is 0 Å². The van der Waals surface area contributed by atoms with Crippen molar-refractivity contribution in [1.29, 1.82) is 0 Å². The molecule has 0 radical (unpaired) electrons. The highest BCUT2D eigenvalue weighted by Crippen LogP contribution is 2.08. The van der Waals surface area contributed by atoms with E-state index < -0.39 is 0 Å². The van der Waals surface area contributed by atoms with Gasteiger partial charge in [0, 0.05) is 12.7 Å². The Balaban J connectivity index is 1.88. The molecule has 0 aromatic carbocycles. The maximum atomic E-state index is 4.24. The standard InChI is InChI=1S/C13H24BrN3/c1-12(2)9-15-7-5-3-4-6-8-17-11-13(14)10-16-17/h10-12,15H,3-9H2,1-2H3. The van der Waals surface area contributed by atoms with Gasteiger partial charge in [-0.25, -0.2) is 0 Å². The Labute approximate surface area is 113 Å². The van der Waals surface area contributed by atoms with Crippen molar-refractivity contribution < 1.29 is 0 Å². The van der Waals surface area contributed by atoms with Crippen LogP contribution in [0.25, 0.3) is 0 Å². The maximum absolute atomic E-state index is 4.24. The smallest absolute Gasteiger partial charge is 0.0632 e. The summed E-state index contributed by atoms with van der Waals surface area (Å²) < 4.78 is 3.07. The molecule has 0 aliphatic carbocycles. The molecule has 0 fully saturated rings. The second kappa shape index (κ2) is 8.70. The number of halogens is 1. The summed E-state index contributed by atoms with van der Waals surface area (Å²) in [6.45, 7) is 7.82. The van der Waals surface area contributed by atoms with E-state index in [1.807, 2.05) is 17.1 Å². The number of hydrogen-bond donors (Lipinski definition) is 1. The van der Waals surface area contributed by atoms with E-state index in [2.05, 4.69) is 40.2 Å². The highest BCUT2D eigenvalue weighted by molar-refractivity contribution is 9.10. The molecule has 0 aliphatic rings. The molecule has 98 valence electrons. The minimum atomic E-state index is 0.758. The average molecular weight is 302 g/mol. The molecule has 0 spiro atoms. The second-order valence-corrected chi connectivity index (χ2v) is 5.85. The van der Waals surface area contributed by atoms with Crippen molar-refractivity contribution in [3.63, 3.8) is 0 Å². The van der Waals surface area contributed by atoms with Gasteiger partial charge in [-0.1, -0.05) is 26.7 Å². The maximum Gasteiger partial charge on any atom is 0.0632 e. The Morgan fingerprint density at radius 3 is 2.71 bits per heavy atom. The molecule has 0 unspecified atom stereocenters. The molecular weight excluding hydrogens is 278 g/mol. The van der Waals surface area contributed by atoms with Gasteiger partial charge in [0.05, 0.1) is 10.7 Å². The fourth-order valence-corrected chi connectivity index (χ4v) is 2.06. The molecule has 0 bridgehead atoms. The van der Waals surface area contributed by atoms with E-state index in [9.17, 15) is 0 Å². The summed E-state index contributed by atoms with van der Waals surface area (Å²) >= 11 is 3.40. The quantitative estimate of drug-likeness (QED) is 0.708. The first-order chi connectivity index (χ1) is 8.18. The molecule has 1 aromatic heterocycles. The number of nitrogens with zero attached hydrogens (tertiary/aromatic N) is 2. The minimum absolute atomic E-state index is 0.758. The van der Waals surface area contributed by atoms with Gasteiger partial charge in [-0.3, -0.25) is 4.68 Å². The van der Waals surface area contributed by atoms with Gasteiger partial charge >= 0.3 is 0 Å². The van der Waals surface area contributed by atoms with Gasteiger partial charge < -0.3 is 5.32 Å². The lowest BCUT2D eigenvalue weighted by Gasteiger charge is -2.07. The average Bonchev–Trinajstić information content (AvgIpc) is 2.68. The summed E-state index contributed by atoms with van der Waals surface area (Å²) in [5.74, 6) is 0.758. The van der Waals surface area contributed by atoms with E-state index in [0.29, 0.717) is 0 Å². The summed E-state index contributed by atoms with van der Waals surface area (Å²) in [5, 5.41) is 7.71. The molecular formula is C13H24BrN3. The van der Waals surface area contributed by atoms with Crippen molar-refractivity contribution in [3.8, 4) is 0 Å². The Morgan fingerprint density at radius 2 is 2.06 bits per heavy atom. The van der Waals surface area contributed by atoms with Gasteiger partial charge in [-0.05, 0) is 47.8 Å². The number of rotatable bonds is 9. The monoisotopic (exact) mass is 301 g/mol. The molecule has 0 amide bonds. The van der Waals surface area contributed by atoms with E-state index in [4.69, 9.17) is 0 Å². The molecule has 3 nitrogen and oxygen atoms in total. The fraction of sp³-hybridized carbons (Fsp3) is 0.769. The van der Waals surface area contributed by atoms with Gasteiger partial charge in [0.2, 0.25) is 0 Å². The van der Waals surface area contributed by atoms with E-state index in [1.165, 1.54) is 25.7 Å². The predicted molar refractivity (Wildman–Crippen MR) is 76.1 cm³/mol. The van der Waals surface area contributed by atoms with Crippen molar-refractivity contribution >= 4 is 15.9 Å². The van der Waals surface area contributed by atoms with Crippen LogP contribution >= 0.6 is 15.9 Å². The van der Waals surface area contributed by atoms with Crippen LogP contribution in [0, 0.1) is 5.92 Å². The van der Waals surface area contributed by atoms with Crippen LogP contribution in [0.15, 0.2) is 16.9 Å². The lowest BCUT2D eigenvalue weighted by molar-refractivity contribution is 0.505. The number of hydrogen-bond acceptors (Lipinski definition) is 2. The zero-order valence-corrected chi connectivity index (χ0v) is 12.5. The summed E-state index contributed by atoms with van der Waals surface area (Å²) in [5.41, 5.74) is 0. The Hall–Kier alpha value is -0.350. The van der Waals surface area contributed by atoms with E-state index >= 15 is 0 Å². The van der Waals surface area contributed by atoms with Crippen molar-refractivity contribution in [3.05, 3.63) is 16.9 Å². The third-order valence-electron chi connectivity index (χ3n) is 2.65. The van der Waals surface area contributed by atoms with E-state index in [1.54, 1.807) is 0 Å². The molecule has 1 N–H and O–H groups in total. The van der Waals surface area contributed by atoms with Gasteiger partial charge in [0.15, 0.2) is 0 Å². The van der Waals surface area contributed by atoms with Crippen LogP contribution in [-0.2, 0) is 6.54 Å². The third-order valence-corrected chi connectivity index (χ3v) is 3.05. The second-order valence-electron chi connectivity index (χ2n) is 4.93. The molecule has 17 heavy (non-hydrogen) atoms. The molecule has 1 heterocycles.